The number of nitrogens with zero attached hydrogens (tertiary/aromatic N) is 3. The fourth-order valence-electron chi connectivity index (χ4n) is 3.82. The highest BCUT2D eigenvalue weighted by Gasteiger charge is 2.36. The molecule has 23 heavy (non-hydrogen) atoms. The normalized spacial score (nSPS) is 21.3. The first-order valence-electron chi connectivity index (χ1n) is 8.78. The molecule has 2 saturated carbocycles. The van der Waals surface area contributed by atoms with Crippen molar-refractivity contribution in [1.29, 1.82) is 0 Å². The molecule has 124 valence electrons. The predicted molar refractivity (Wildman–Crippen MR) is 84.5 cm³/mol. The van der Waals surface area contributed by atoms with Crippen molar-refractivity contribution in [2.24, 2.45) is 13.0 Å². The minimum absolute atomic E-state index is 0.0867. The summed E-state index contributed by atoms with van der Waals surface area (Å²) < 4.78 is 1.77. The Morgan fingerprint density at radius 1 is 1.09 bits per heavy atom. The van der Waals surface area contributed by atoms with E-state index in [0.717, 1.165) is 49.8 Å². The minimum Gasteiger partial charge on any atom is -0.348 e. The van der Waals surface area contributed by atoms with Gasteiger partial charge in [-0.2, -0.15) is 5.10 Å². The maximum atomic E-state index is 12.7. The summed E-state index contributed by atoms with van der Waals surface area (Å²) in [5.41, 5.74) is 2.46. The van der Waals surface area contributed by atoms with Gasteiger partial charge in [0.1, 0.15) is 0 Å². The van der Waals surface area contributed by atoms with Crippen LogP contribution in [0.2, 0.25) is 0 Å². The molecule has 2 amide bonds. The Balaban J connectivity index is 1.50. The second kappa shape index (κ2) is 5.65. The summed E-state index contributed by atoms with van der Waals surface area (Å²) in [6.07, 6.45) is 7.72. The number of aryl methyl sites for hydroxylation is 1. The Labute approximate surface area is 136 Å². The third-order valence-corrected chi connectivity index (χ3v) is 5.36. The van der Waals surface area contributed by atoms with Crippen LogP contribution in [0.5, 0.6) is 0 Å². The molecule has 0 atom stereocenters. The van der Waals surface area contributed by atoms with Crippen LogP contribution in [0.25, 0.3) is 0 Å². The summed E-state index contributed by atoms with van der Waals surface area (Å²) in [7, 11) is 1.86. The van der Waals surface area contributed by atoms with Gasteiger partial charge in [0.2, 0.25) is 5.91 Å². The van der Waals surface area contributed by atoms with Crippen LogP contribution in [-0.4, -0.2) is 32.5 Å². The van der Waals surface area contributed by atoms with Gasteiger partial charge in [0.25, 0.3) is 5.91 Å². The van der Waals surface area contributed by atoms with Crippen molar-refractivity contribution >= 4 is 11.8 Å². The number of fused-ring (bicyclic) bond motifs is 1. The van der Waals surface area contributed by atoms with Crippen molar-refractivity contribution in [2.75, 3.05) is 0 Å². The molecular weight excluding hydrogens is 292 g/mol. The molecule has 0 bridgehead atoms. The Bertz CT molecular complexity index is 641. The number of aromatic nitrogens is 2. The number of rotatable bonds is 3. The SMILES string of the molecule is Cn1nc(C(=O)NC2CC2)c2c1CN(C(=O)C1CCCCC1)C2. The number of hydrogen-bond acceptors (Lipinski definition) is 3. The molecule has 1 aliphatic heterocycles. The number of nitrogens with one attached hydrogen (secondary N) is 1. The van der Waals surface area contributed by atoms with Crippen molar-refractivity contribution < 1.29 is 9.59 Å². The van der Waals surface area contributed by atoms with Gasteiger partial charge in [-0.3, -0.25) is 14.3 Å². The van der Waals surface area contributed by atoms with E-state index < -0.39 is 0 Å². The lowest BCUT2D eigenvalue weighted by atomic mass is 9.88. The Morgan fingerprint density at radius 3 is 2.52 bits per heavy atom. The van der Waals surface area contributed by atoms with Crippen LogP contribution in [0.3, 0.4) is 0 Å². The molecule has 3 aliphatic rings. The van der Waals surface area contributed by atoms with Gasteiger partial charge in [-0.1, -0.05) is 19.3 Å². The molecular formula is C17H24N4O2. The third-order valence-electron chi connectivity index (χ3n) is 5.36. The monoisotopic (exact) mass is 316 g/mol. The maximum absolute atomic E-state index is 12.7. The van der Waals surface area contributed by atoms with Crippen LogP contribution >= 0.6 is 0 Å². The molecule has 6 heteroatoms. The summed E-state index contributed by atoms with van der Waals surface area (Å²) in [5, 5.41) is 7.39. The van der Waals surface area contributed by atoms with Crippen LogP contribution in [0.1, 0.15) is 66.7 Å². The third kappa shape index (κ3) is 2.75. The van der Waals surface area contributed by atoms with Gasteiger partial charge in [0.05, 0.1) is 18.8 Å². The van der Waals surface area contributed by atoms with Gasteiger partial charge >= 0.3 is 0 Å². The highest BCUT2D eigenvalue weighted by atomic mass is 16.2. The van der Waals surface area contributed by atoms with Crippen molar-refractivity contribution in [2.45, 2.75) is 64.1 Å². The van der Waals surface area contributed by atoms with E-state index in [2.05, 4.69) is 10.4 Å². The standard InChI is InChI=1S/C17H24N4O2/c1-20-14-10-21(17(23)11-5-3-2-4-6-11)9-13(14)15(19-20)16(22)18-12-7-8-12/h11-12H,2-10H2,1H3,(H,18,22). The van der Waals surface area contributed by atoms with E-state index in [1.165, 1.54) is 6.42 Å². The van der Waals surface area contributed by atoms with Crippen LogP contribution < -0.4 is 5.32 Å². The lowest BCUT2D eigenvalue weighted by molar-refractivity contribution is -0.137. The molecule has 0 aromatic carbocycles. The average Bonchev–Trinajstić information content (AvgIpc) is 3.17. The van der Waals surface area contributed by atoms with Crippen LogP contribution in [-0.2, 0) is 24.9 Å². The average molecular weight is 316 g/mol. The van der Waals surface area contributed by atoms with Gasteiger partial charge in [-0.25, -0.2) is 0 Å². The lowest BCUT2D eigenvalue weighted by Crippen LogP contribution is -2.34. The lowest BCUT2D eigenvalue weighted by Gasteiger charge is -2.26. The summed E-state index contributed by atoms with van der Waals surface area (Å²) >= 11 is 0. The predicted octanol–water partition coefficient (Wildman–Crippen LogP) is 1.73. The molecule has 0 unspecified atom stereocenters. The fraction of sp³-hybridized carbons (Fsp3) is 0.706. The second-order valence-corrected chi connectivity index (χ2v) is 7.17. The molecule has 0 saturated heterocycles. The van der Waals surface area contributed by atoms with Gasteiger partial charge in [0, 0.05) is 24.6 Å². The number of hydrogen-bond donors (Lipinski definition) is 1. The van der Waals surface area contributed by atoms with Gasteiger partial charge in [-0.15, -0.1) is 0 Å². The molecule has 4 rings (SSSR count). The van der Waals surface area contributed by atoms with Crippen molar-refractivity contribution in [1.82, 2.24) is 20.0 Å². The Hall–Kier alpha value is -1.85. The van der Waals surface area contributed by atoms with E-state index in [4.69, 9.17) is 0 Å². The molecule has 6 nitrogen and oxygen atoms in total. The fourth-order valence-corrected chi connectivity index (χ4v) is 3.82. The van der Waals surface area contributed by atoms with E-state index in [1.54, 1.807) is 4.68 Å². The zero-order valence-corrected chi connectivity index (χ0v) is 13.7. The number of carbonyl (C=O) groups is 2. The Kier molecular flexibility index (Phi) is 3.62. The summed E-state index contributed by atoms with van der Waals surface area (Å²) in [4.78, 5) is 27.0. The first-order chi connectivity index (χ1) is 11.1. The second-order valence-electron chi connectivity index (χ2n) is 7.17. The van der Waals surface area contributed by atoms with E-state index in [9.17, 15) is 9.59 Å². The van der Waals surface area contributed by atoms with Crippen LogP contribution in [0.4, 0.5) is 0 Å². The van der Waals surface area contributed by atoms with Crippen LogP contribution in [0, 0.1) is 5.92 Å². The molecule has 0 spiro atoms. The van der Waals surface area contributed by atoms with Crippen molar-refractivity contribution in [3.63, 3.8) is 0 Å². The van der Waals surface area contributed by atoms with E-state index in [0.29, 0.717) is 24.8 Å². The van der Waals surface area contributed by atoms with Crippen molar-refractivity contribution in [3.8, 4) is 0 Å². The Morgan fingerprint density at radius 2 is 1.83 bits per heavy atom. The summed E-state index contributed by atoms with van der Waals surface area (Å²) in [6, 6.07) is 0.321. The first kappa shape index (κ1) is 14.7. The topological polar surface area (TPSA) is 67.2 Å². The smallest absolute Gasteiger partial charge is 0.272 e. The first-order valence-corrected chi connectivity index (χ1v) is 8.78. The van der Waals surface area contributed by atoms with Gasteiger partial charge in [0.15, 0.2) is 5.69 Å². The quantitative estimate of drug-likeness (QED) is 0.923. The van der Waals surface area contributed by atoms with Gasteiger partial charge < -0.3 is 10.2 Å². The van der Waals surface area contributed by atoms with E-state index >= 15 is 0 Å². The molecule has 1 N–H and O–H groups in total. The van der Waals surface area contributed by atoms with Gasteiger partial charge in [-0.05, 0) is 25.7 Å². The molecule has 1 aromatic rings. The zero-order valence-electron chi connectivity index (χ0n) is 13.7. The maximum Gasteiger partial charge on any atom is 0.272 e. The minimum atomic E-state index is -0.0867. The number of amides is 2. The van der Waals surface area contributed by atoms with E-state index in [-0.39, 0.29) is 17.7 Å². The number of carbonyl (C=O) groups excluding carboxylic acids is 2. The zero-order chi connectivity index (χ0) is 16.0. The van der Waals surface area contributed by atoms with Crippen molar-refractivity contribution in [3.05, 3.63) is 17.0 Å². The van der Waals surface area contributed by atoms with E-state index in [1.807, 2.05) is 11.9 Å². The molecule has 2 heterocycles. The van der Waals surface area contributed by atoms with Crippen LogP contribution in [0.15, 0.2) is 0 Å². The molecule has 1 aromatic heterocycles. The largest absolute Gasteiger partial charge is 0.348 e. The molecule has 2 aliphatic carbocycles. The summed E-state index contributed by atoms with van der Waals surface area (Å²) in [6.45, 7) is 1.12. The highest BCUT2D eigenvalue weighted by Crippen LogP contribution is 2.31. The molecule has 0 radical (unpaired) electrons. The molecule has 2 fully saturated rings. The highest BCUT2D eigenvalue weighted by molar-refractivity contribution is 5.95. The summed E-state index contributed by atoms with van der Waals surface area (Å²) in [5.74, 6) is 0.348.